The van der Waals surface area contributed by atoms with Crippen LogP contribution in [0.25, 0.3) is 0 Å². The van der Waals surface area contributed by atoms with Crippen molar-refractivity contribution in [1.29, 1.82) is 0 Å². The van der Waals surface area contributed by atoms with Crippen LogP contribution in [0.5, 0.6) is 0 Å². The Labute approximate surface area is 101 Å². The molecule has 0 saturated carbocycles. The zero-order valence-corrected chi connectivity index (χ0v) is 10.2. The minimum atomic E-state index is -1.06. The summed E-state index contributed by atoms with van der Waals surface area (Å²) in [5, 5.41) is 8.58. The first-order valence-corrected chi connectivity index (χ1v) is 5.84. The Morgan fingerprint density at radius 2 is 2.00 bits per heavy atom. The van der Waals surface area contributed by atoms with Crippen LogP contribution in [0, 0.1) is 0 Å². The van der Waals surface area contributed by atoms with Crippen LogP contribution >= 0.6 is 0 Å². The highest BCUT2D eigenvalue weighted by Crippen LogP contribution is 2.04. The fraction of sp³-hybridized carbons (Fsp3) is 0.818. The molecule has 0 unspecified atom stereocenters. The van der Waals surface area contributed by atoms with Crippen molar-refractivity contribution in [3.8, 4) is 0 Å². The van der Waals surface area contributed by atoms with Crippen LogP contribution in [-0.4, -0.2) is 73.2 Å². The number of carboxylic acid groups (broad SMARTS) is 1. The standard InChI is InChI=1S/C11H20N2O4/c1-17-8-7-12-3-2-4-13(6-5-12)10(14)9-11(15)16/h2-9H2,1H3,(H,15,16). The summed E-state index contributed by atoms with van der Waals surface area (Å²) in [5.41, 5.74) is 0. The molecule has 0 atom stereocenters. The third-order valence-electron chi connectivity index (χ3n) is 2.86. The number of nitrogens with zero attached hydrogens (tertiary/aromatic N) is 2. The van der Waals surface area contributed by atoms with Gasteiger partial charge in [-0.15, -0.1) is 0 Å². The Kier molecular flexibility index (Phi) is 5.93. The van der Waals surface area contributed by atoms with Gasteiger partial charge >= 0.3 is 5.97 Å². The normalized spacial score (nSPS) is 17.8. The van der Waals surface area contributed by atoms with E-state index in [0.717, 1.165) is 26.1 Å². The Bertz CT molecular complexity index is 270. The Hall–Kier alpha value is -1.14. The SMILES string of the molecule is COCCN1CCCN(C(=O)CC(=O)O)CC1. The lowest BCUT2D eigenvalue weighted by molar-refractivity contribution is -0.144. The van der Waals surface area contributed by atoms with Crippen molar-refractivity contribution in [3.63, 3.8) is 0 Å². The number of methoxy groups -OCH3 is 1. The summed E-state index contributed by atoms with van der Waals surface area (Å²) < 4.78 is 5.01. The molecule has 0 aromatic carbocycles. The van der Waals surface area contributed by atoms with Gasteiger partial charge in [-0.2, -0.15) is 0 Å². The van der Waals surface area contributed by atoms with Gasteiger partial charge in [0.25, 0.3) is 0 Å². The van der Waals surface area contributed by atoms with E-state index in [4.69, 9.17) is 9.84 Å². The molecule has 0 aliphatic carbocycles. The summed E-state index contributed by atoms with van der Waals surface area (Å²) in [6, 6.07) is 0. The zero-order chi connectivity index (χ0) is 12.7. The van der Waals surface area contributed by atoms with E-state index in [9.17, 15) is 9.59 Å². The number of carbonyl (C=O) groups is 2. The highest BCUT2D eigenvalue weighted by Gasteiger charge is 2.20. The topological polar surface area (TPSA) is 70.1 Å². The zero-order valence-electron chi connectivity index (χ0n) is 10.2. The molecular weight excluding hydrogens is 224 g/mol. The number of ether oxygens (including phenoxy) is 1. The molecule has 0 bridgehead atoms. The van der Waals surface area contributed by atoms with Crippen molar-refractivity contribution in [1.82, 2.24) is 9.80 Å². The summed E-state index contributed by atoms with van der Waals surface area (Å²) in [5.74, 6) is -1.35. The summed E-state index contributed by atoms with van der Waals surface area (Å²) in [4.78, 5) is 25.9. The number of rotatable bonds is 5. The summed E-state index contributed by atoms with van der Waals surface area (Å²) in [6.45, 7) is 4.51. The maximum Gasteiger partial charge on any atom is 0.312 e. The Balaban J connectivity index is 2.36. The van der Waals surface area contributed by atoms with Gasteiger partial charge in [-0.05, 0) is 13.0 Å². The predicted octanol–water partition coefficient (Wildman–Crippen LogP) is -0.358. The van der Waals surface area contributed by atoms with Crippen molar-refractivity contribution < 1.29 is 19.4 Å². The first-order chi connectivity index (χ1) is 8.13. The quantitative estimate of drug-likeness (QED) is 0.669. The van der Waals surface area contributed by atoms with Crippen molar-refractivity contribution in [2.24, 2.45) is 0 Å². The fourth-order valence-electron chi connectivity index (χ4n) is 1.91. The molecule has 1 N–H and O–H groups in total. The van der Waals surface area contributed by atoms with E-state index >= 15 is 0 Å². The van der Waals surface area contributed by atoms with Crippen LogP contribution in [0.4, 0.5) is 0 Å². The van der Waals surface area contributed by atoms with Gasteiger partial charge in [0.15, 0.2) is 0 Å². The second kappa shape index (κ2) is 7.24. The lowest BCUT2D eigenvalue weighted by Gasteiger charge is -2.21. The maximum absolute atomic E-state index is 11.6. The highest BCUT2D eigenvalue weighted by atomic mass is 16.5. The largest absolute Gasteiger partial charge is 0.481 e. The summed E-state index contributed by atoms with van der Waals surface area (Å²) in [7, 11) is 1.67. The van der Waals surface area contributed by atoms with Crippen LogP contribution in [0.3, 0.4) is 0 Å². The molecule has 6 heteroatoms. The Morgan fingerprint density at radius 1 is 1.24 bits per heavy atom. The average molecular weight is 244 g/mol. The average Bonchev–Trinajstić information content (AvgIpc) is 2.50. The van der Waals surface area contributed by atoms with E-state index in [0.29, 0.717) is 19.7 Å². The molecule has 1 heterocycles. The van der Waals surface area contributed by atoms with Gasteiger partial charge in [0.1, 0.15) is 6.42 Å². The number of carbonyl (C=O) groups excluding carboxylic acids is 1. The van der Waals surface area contributed by atoms with Gasteiger partial charge in [0.2, 0.25) is 5.91 Å². The van der Waals surface area contributed by atoms with E-state index in [-0.39, 0.29) is 5.91 Å². The number of hydrogen-bond acceptors (Lipinski definition) is 4. The van der Waals surface area contributed by atoms with Crippen molar-refractivity contribution in [2.45, 2.75) is 12.8 Å². The molecule has 17 heavy (non-hydrogen) atoms. The lowest BCUT2D eigenvalue weighted by atomic mass is 10.3. The molecule has 6 nitrogen and oxygen atoms in total. The van der Waals surface area contributed by atoms with Gasteiger partial charge < -0.3 is 14.7 Å². The minimum absolute atomic E-state index is 0.286. The lowest BCUT2D eigenvalue weighted by Crippen LogP contribution is -2.36. The van der Waals surface area contributed by atoms with Gasteiger partial charge in [-0.3, -0.25) is 14.5 Å². The van der Waals surface area contributed by atoms with Gasteiger partial charge in [-0.1, -0.05) is 0 Å². The molecule has 1 aliphatic heterocycles. The van der Waals surface area contributed by atoms with Crippen LogP contribution < -0.4 is 0 Å². The van der Waals surface area contributed by atoms with Crippen LogP contribution in [-0.2, 0) is 14.3 Å². The van der Waals surface area contributed by atoms with E-state index in [1.54, 1.807) is 12.0 Å². The fourth-order valence-corrected chi connectivity index (χ4v) is 1.91. The highest BCUT2D eigenvalue weighted by molar-refractivity contribution is 5.93. The number of aliphatic carboxylic acids is 1. The van der Waals surface area contributed by atoms with E-state index < -0.39 is 12.4 Å². The molecule has 1 rings (SSSR count). The molecule has 0 spiro atoms. The maximum atomic E-state index is 11.6. The number of carboxylic acids is 1. The molecule has 1 saturated heterocycles. The molecule has 1 amide bonds. The second-order valence-corrected chi connectivity index (χ2v) is 4.14. The van der Waals surface area contributed by atoms with Crippen molar-refractivity contribution in [3.05, 3.63) is 0 Å². The summed E-state index contributed by atoms with van der Waals surface area (Å²) in [6.07, 6.45) is 0.479. The molecule has 98 valence electrons. The monoisotopic (exact) mass is 244 g/mol. The van der Waals surface area contributed by atoms with Crippen LogP contribution in [0.1, 0.15) is 12.8 Å². The van der Waals surface area contributed by atoms with E-state index in [2.05, 4.69) is 4.90 Å². The number of amides is 1. The predicted molar refractivity (Wildman–Crippen MR) is 61.8 cm³/mol. The van der Waals surface area contributed by atoms with Crippen LogP contribution in [0.15, 0.2) is 0 Å². The molecule has 0 radical (unpaired) electrons. The van der Waals surface area contributed by atoms with Gasteiger partial charge in [0.05, 0.1) is 6.61 Å². The molecule has 0 aromatic rings. The van der Waals surface area contributed by atoms with E-state index in [1.807, 2.05) is 0 Å². The first-order valence-electron chi connectivity index (χ1n) is 5.84. The third-order valence-corrected chi connectivity index (χ3v) is 2.86. The third kappa shape index (κ3) is 5.14. The van der Waals surface area contributed by atoms with Gasteiger partial charge in [-0.25, -0.2) is 0 Å². The Morgan fingerprint density at radius 3 is 2.65 bits per heavy atom. The van der Waals surface area contributed by atoms with Gasteiger partial charge in [0, 0.05) is 33.3 Å². The number of hydrogen-bond donors (Lipinski definition) is 1. The second-order valence-electron chi connectivity index (χ2n) is 4.14. The van der Waals surface area contributed by atoms with Crippen molar-refractivity contribution >= 4 is 11.9 Å². The molecule has 1 fully saturated rings. The smallest absolute Gasteiger partial charge is 0.312 e. The molecular formula is C11H20N2O4. The first kappa shape index (κ1) is 13.9. The van der Waals surface area contributed by atoms with E-state index in [1.165, 1.54) is 0 Å². The molecule has 0 aromatic heterocycles. The summed E-state index contributed by atoms with van der Waals surface area (Å²) >= 11 is 0. The minimum Gasteiger partial charge on any atom is -0.481 e. The van der Waals surface area contributed by atoms with Crippen molar-refractivity contribution in [2.75, 3.05) is 46.4 Å². The molecule has 1 aliphatic rings. The van der Waals surface area contributed by atoms with Crippen LogP contribution in [0.2, 0.25) is 0 Å².